The molecule has 6 nitrogen and oxygen atoms in total. The first-order valence-corrected chi connectivity index (χ1v) is 11.5. The third-order valence-corrected chi connectivity index (χ3v) is 8.68. The van der Waals surface area contributed by atoms with E-state index in [2.05, 4.69) is 26.8 Å². The van der Waals surface area contributed by atoms with Crippen molar-refractivity contribution < 1.29 is 23.8 Å². The second-order valence-electron chi connectivity index (χ2n) is 9.59. The second-order valence-corrected chi connectivity index (χ2v) is 10.4. The van der Waals surface area contributed by atoms with Gasteiger partial charge in [-0.3, -0.25) is 4.79 Å². The maximum absolute atomic E-state index is 13.2. The molecule has 0 spiro atoms. The highest BCUT2D eigenvalue weighted by Crippen LogP contribution is 2.65. The Kier molecular flexibility index (Phi) is 6.87. The molecule has 174 valence electrons. The van der Waals surface area contributed by atoms with Gasteiger partial charge in [-0.2, -0.15) is 5.26 Å². The van der Waals surface area contributed by atoms with E-state index >= 15 is 0 Å². The van der Waals surface area contributed by atoms with E-state index in [9.17, 15) is 14.9 Å². The fourth-order valence-corrected chi connectivity index (χ4v) is 5.30. The number of nitriles is 1. The van der Waals surface area contributed by atoms with Gasteiger partial charge in [0.1, 0.15) is 0 Å². The molecule has 1 saturated carbocycles. The fraction of sp³-hybridized carbons (Fsp3) is 0.625. The number of ether oxygens (including phenoxy) is 3. The van der Waals surface area contributed by atoms with Gasteiger partial charge in [-0.25, -0.2) is 4.79 Å². The van der Waals surface area contributed by atoms with Crippen LogP contribution in [0.25, 0.3) is 0 Å². The molecule has 0 aromatic heterocycles. The number of hydrogen-bond donors (Lipinski definition) is 0. The molecule has 1 aliphatic carbocycles. The maximum atomic E-state index is 13.2. The minimum atomic E-state index is -1.10. The van der Waals surface area contributed by atoms with Gasteiger partial charge in [0.15, 0.2) is 5.60 Å². The predicted molar refractivity (Wildman–Crippen MR) is 120 cm³/mol. The average molecular weight is 482 g/mol. The molecule has 8 heteroatoms. The van der Waals surface area contributed by atoms with E-state index in [0.717, 1.165) is 6.42 Å². The van der Waals surface area contributed by atoms with E-state index in [-0.39, 0.29) is 36.7 Å². The minimum absolute atomic E-state index is 0.00567. The van der Waals surface area contributed by atoms with Crippen molar-refractivity contribution in [3.8, 4) is 6.07 Å². The quantitative estimate of drug-likeness (QED) is 0.472. The number of halogens is 2. The summed E-state index contributed by atoms with van der Waals surface area (Å²) >= 11 is 12.2. The van der Waals surface area contributed by atoms with E-state index in [4.69, 9.17) is 37.4 Å². The van der Waals surface area contributed by atoms with Gasteiger partial charge in [0.05, 0.1) is 41.9 Å². The molecule has 1 heterocycles. The Hall–Kier alpha value is -1.81. The van der Waals surface area contributed by atoms with Gasteiger partial charge in [0, 0.05) is 18.3 Å². The van der Waals surface area contributed by atoms with Crippen molar-refractivity contribution in [1.82, 2.24) is 0 Å². The van der Waals surface area contributed by atoms with Crippen LogP contribution in [-0.4, -0.2) is 37.9 Å². The van der Waals surface area contributed by atoms with Crippen molar-refractivity contribution in [2.45, 2.75) is 63.9 Å². The van der Waals surface area contributed by atoms with Crippen molar-refractivity contribution >= 4 is 35.1 Å². The SMILES string of the molecule is COC(=O)CC[C@](C#N)(CCOC(=O)[C@@]12CC[C@@](C)(CO1)C2(C)C)c1ccc(Cl)c(Cl)c1. The number of hydrogen-bond acceptors (Lipinski definition) is 6. The van der Waals surface area contributed by atoms with Crippen molar-refractivity contribution in [3.63, 3.8) is 0 Å². The zero-order chi connectivity index (χ0) is 23.8. The normalized spacial score (nSPS) is 27.4. The highest BCUT2D eigenvalue weighted by molar-refractivity contribution is 6.42. The molecular weight excluding hydrogens is 453 g/mol. The molecular formula is C24H29Cl2NO5. The zero-order valence-corrected chi connectivity index (χ0v) is 20.4. The van der Waals surface area contributed by atoms with E-state index in [1.54, 1.807) is 18.2 Å². The summed E-state index contributed by atoms with van der Waals surface area (Å²) in [5, 5.41) is 10.8. The number of fused-ring (bicyclic) bond motifs is 2. The number of methoxy groups -OCH3 is 1. The molecule has 0 radical (unpaired) electrons. The number of esters is 2. The van der Waals surface area contributed by atoms with E-state index < -0.39 is 23.0 Å². The lowest BCUT2D eigenvalue weighted by Gasteiger charge is -2.37. The van der Waals surface area contributed by atoms with E-state index in [0.29, 0.717) is 28.6 Å². The third kappa shape index (κ3) is 3.89. The minimum Gasteiger partial charge on any atom is -0.469 e. The first kappa shape index (κ1) is 24.8. The highest BCUT2D eigenvalue weighted by Gasteiger charge is 2.71. The predicted octanol–water partition coefficient (Wildman–Crippen LogP) is 5.24. The van der Waals surface area contributed by atoms with Gasteiger partial charge >= 0.3 is 11.9 Å². The summed E-state index contributed by atoms with van der Waals surface area (Å²) in [6.45, 7) is 6.79. The number of carbonyl (C=O) groups excluding carboxylic acids is 2. The Morgan fingerprint density at radius 2 is 1.91 bits per heavy atom. The van der Waals surface area contributed by atoms with Crippen molar-refractivity contribution in [2.75, 3.05) is 20.3 Å². The van der Waals surface area contributed by atoms with Crippen LogP contribution in [0.3, 0.4) is 0 Å². The molecule has 1 saturated heterocycles. The zero-order valence-electron chi connectivity index (χ0n) is 18.9. The molecule has 0 unspecified atom stereocenters. The summed E-state index contributed by atoms with van der Waals surface area (Å²) in [7, 11) is 1.30. The standard InChI is InChI=1S/C24H29Cl2NO5/c1-21(2)22(3)9-10-24(21,32-15-22)20(29)31-12-11-23(14-27,8-7-19(28)30-4)16-5-6-17(25)18(26)13-16/h5-6,13H,7-12,15H2,1-4H3/t22-,23+,24+/m0/s1. The molecule has 2 bridgehead atoms. The van der Waals surface area contributed by atoms with Gasteiger partial charge in [-0.05, 0) is 42.4 Å². The van der Waals surface area contributed by atoms with Crippen molar-refractivity contribution in [1.29, 1.82) is 5.26 Å². The van der Waals surface area contributed by atoms with Gasteiger partial charge in [0.2, 0.25) is 0 Å². The third-order valence-electron chi connectivity index (χ3n) is 7.95. The number of benzene rings is 1. The maximum Gasteiger partial charge on any atom is 0.338 e. The molecule has 2 fully saturated rings. The fourth-order valence-electron chi connectivity index (χ4n) is 5.00. The van der Waals surface area contributed by atoms with Crippen LogP contribution < -0.4 is 0 Å². The van der Waals surface area contributed by atoms with Crippen LogP contribution in [0.15, 0.2) is 18.2 Å². The first-order valence-electron chi connectivity index (χ1n) is 10.7. The topological polar surface area (TPSA) is 85.6 Å². The first-order chi connectivity index (χ1) is 15.0. The van der Waals surface area contributed by atoms with E-state index in [1.165, 1.54) is 7.11 Å². The molecule has 0 amide bonds. The Balaban J connectivity index is 1.78. The van der Waals surface area contributed by atoms with Crippen LogP contribution in [0.5, 0.6) is 0 Å². The molecule has 3 rings (SSSR count). The smallest absolute Gasteiger partial charge is 0.338 e. The van der Waals surface area contributed by atoms with Gasteiger partial charge in [-0.15, -0.1) is 0 Å². The summed E-state index contributed by atoms with van der Waals surface area (Å²) in [5.41, 5.74) is -1.87. The van der Waals surface area contributed by atoms with Gasteiger partial charge in [0.25, 0.3) is 0 Å². The molecule has 1 aromatic rings. The molecule has 0 N–H and O–H groups in total. The van der Waals surface area contributed by atoms with Crippen molar-refractivity contribution in [2.24, 2.45) is 10.8 Å². The molecule has 2 aliphatic rings. The summed E-state index contributed by atoms with van der Waals surface area (Å²) < 4.78 is 16.5. The van der Waals surface area contributed by atoms with Crippen LogP contribution >= 0.6 is 23.2 Å². The summed E-state index contributed by atoms with van der Waals surface area (Å²) in [4.78, 5) is 25.0. The molecule has 32 heavy (non-hydrogen) atoms. The summed E-state index contributed by atoms with van der Waals surface area (Å²) in [6, 6.07) is 7.27. The highest BCUT2D eigenvalue weighted by atomic mass is 35.5. The average Bonchev–Trinajstić information content (AvgIpc) is 3.10. The lowest BCUT2D eigenvalue weighted by Crippen LogP contribution is -2.49. The second kappa shape index (κ2) is 8.85. The molecule has 3 atom stereocenters. The summed E-state index contributed by atoms with van der Waals surface area (Å²) in [5.74, 6) is -0.815. The Morgan fingerprint density at radius 3 is 2.41 bits per heavy atom. The van der Waals surface area contributed by atoms with Gasteiger partial charge < -0.3 is 14.2 Å². The van der Waals surface area contributed by atoms with Gasteiger partial charge in [-0.1, -0.05) is 50.0 Å². The Bertz CT molecular complexity index is 946. The van der Waals surface area contributed by atoms with E-state index in [1.807, 2.05) is 0 Å². The number of nitrogens with zero attached hydrogens (tertiary/aromatic N) is 1. The summed E-state index contributed by atoms with van der Waals surface area (Å²) in [6.07, 6.45) is 1.94. The van der Waals surface area contributed by atoms with Crippen molar-refractivity contribution in [3.05, 3.63) is 33.8 Å². The Morgan fingerprint density at radius 1 is 1.19 bits per heavy atom. The largest absolute Gasteiger partial charge is 0.469 e. The van der Waals surface area contributed by atoms with Crippen LogP contribution in [0.4, 0.5) is 0 Å². The molecule has 1 aliphatic heterocycles. The van der Waals surface area contributed by atoms with Crippen LogP contribution in [0.2, 0.25) is 10.0 Å². The van der Waals surface area contributed by atoms with Crippen LogP contribution in [0, 0.1) is 22.2 Å². The Labute approximate surface area is 199 Å². The van der Waals surface area contributed by atoms with Crippen LogP contribution in [-0.2, 0) is 29.2 Å². The molecule has 1 aromatic carbocycles. The number of rotatable bonds is 8. The van der Waals surface area contributed by atoms with Crippen LogP contribution in [0.1, 0.15) is 58.4 Å². The lowest BCUT2D eigenvalue weighted by molar-refractivity contribution is -0.176. The lowest BCUT2D eigenvalue weighted by atomic mass is 9.67. The monoisotopic (exact) mass is 481 g/mol. The number of carbonyl (C=O) groups is 2.